The molecular weight excluding hydrogens is 366 g/mol. The van der Waals surface area contributed by atoms with E-state index in [-0.39, 0.29) is 42.6 Å². The van der Waals surface area contributed by atoms with Crippen LogP contribution in [0.1, 0.15) is 24.2 Å². The molecule has 0 radical (unpaired) electrons. The average Bonchev–Trinajstić information content (AvgIpc) is 2.59. The SMILES string of the molecule is CCN1CCN(c2ccc(C(=O)N(C)C(C)CN)cc2F)CC1.Cl.Cl. The lowest BCUT2D eigenvalue weighted by atomic mass is 10.1. The minimum Gasteiger partial charge on any atom is -0.367 e. The van der Waals surface area contributed by atoms with Crippen molar-refractivity contribution in [2.45, 2.75) is 19.9 Å². The normalized spacial score (nSPS) is 15.8. The van der Waals surface area contributed by atoms with Crippen LogP contribution in [0.3, 0.4) is 0 Å². The zero-order valence-electron chi connectivity index (χ0n) is 15.1. The number of carbonyl (C=O) groups excluding carboxylic acids is 1. The van der Waals surface area contributed by atoms with Crippen molar-refractivity contribution in [3.05, 3.63) is 29.6 Å². The first kappa shape index (κ1) is 23.9. The van der Waals surface area contributed by atoms with Crippen LogP contribution < -0.4 is 10.6 Å². The zero-order valence-corrected chi connectivity index (χ0v) is 16.7. The molecule has 0 saturated carbocycles. The molecule has 2 N–H and O–H groups in total. The molecule has 1 fully saturated rings. The number of rotatable bonds is 5. The second-order valence-electron chi connectivity index (χ2n) is 6.09. The summed E-state index contributed by atoms with van der Waals surface area (Å²) in [6.07, 6.45) is 0. The lowest BCUT2D eigenvalue weighted by Crippen LogP contribution is -2.46. The topological polar surface area (TPSA) is 52.8 Å². The second kappa shape index (κ2) is 10.8. The van der Waals surface area contributed by atoms with Gasteiger partial charge >= 0.3 is 0 Å². The Morgan fingerprint density at radius 3 is 2.36 bits per heavy atom. The van der Waals surface area contributed by atoms with Crippen LogP contribution >= 0.6 is 24.8 Å². The van der Waals surface area contributed by atoms with Crippen LogP contribution in [0.5, 0.6) is 0 Å². The molecule has 1 aliphatic rings. The molecule has 2 rings (SSSR count). The predicted molar refractivity (Wildman–Crippen MR) is 106 cm³/mol. The first-order valence-corrected chi connectivity index (χ1v) is 8.22. The summed E-state index contributed by atoms with van der Waals surface area (Å²) in [6, 6.07) is 4.67. The fraction of sp³-hybridized carbons (Fsp3) is 0.588. The Labute approximate surface area is 162 Å². The smallest absolute Gasteiger partial charge is 0.253 e. The summed E-state index contributed by atoms with van der Waals surface area (Å²) in [5.74, 6) is -0.543. The monoisotopic (exact) mass is 394 g/mol. The number of piperazine rings is 1. The molecule has 25 heavy (non-hydrogen) atoms. The zero-order chi connectivity index (χ0) is 17.0. The summed E-state index contributed by atoms with van der Waals surface area (Å²) in [6.45, 7) is 8.90. The van der Waals surface area contributed by atoms with E-state index in [0.29, 0.717) is 17.8 Å². The Hall–Kier alpha value is -1.08. The highest BCUT2D eigenvalue weighted by atomic mass is 35.5. The van der Waals surface area contributed by atoms with Crippen molar-refractivity contribution in [2.75, 3.05) is 51.2 Å². The van der Waals surface area contributed by atoms with Crippen LogP contribution in [-0.4, -0.2) is 68.1 Å². The van der Waals surface area contributed by atoms with Gasteiger partial charge in [-0.3, -0.25) is 4.79 Å². The largest absolute Gasteiger partial charge is 0.367 e. The number of benzene rings is 1. The molecule has 144 valence electrons. The summed E-state index contributed by atoms with van der Waals surface area (Å²) < 4.78 is 14.5. The Morgan fingerprint density at radius 1 is 1.28 bits per heavy atom. The van der Waals surface area contributed by atoms with E-state index in [2.05, 4.69) is 11.8 Å². The van der Waals surface area contributed by atoms with Gasteiger partial charge in [0.25, 0.3) is 5.91 Å². The molecule has 8 heteroatoms. The summed E-state index contributed by atoms with van der Waals surface area (Å²) in [5, 5.41) is 0. The van der Waals surface area contributed by atoms with Crippen molar-refractivity contribution < 1.29 is 9.18 Å². The van der Waals surface area contributed by atoms with E-state index in [1.54, 1.807) is 24.1 Å². The number of hydrogen-bond acceptors (Lipinski definition) is 4. The fourth-order valence-electron chi connectivity index (χ4n) is 2.76. The lowest BCUT2D eigenvalue weighted by Gasteiger charge is -2.35. The molecule has 5 nitrogen and oxygen atoms in total. The van der Waals surface area contributed by atoms with Gasteiger partial charge in [-0.25, -0.2) is 4.39 Å². The second-order valence-corrected chi connectivity index (χ2v) is 6.09. The van der Waals surface area contributed by atoms with E-state index >= 15 is 0 Å². The van der Waals surface area contributed by atoms with Gasteiger partial charge in [0.2, 0.25) is 0 Å². The Morgan fingerprint density at radius 2 is 1.88 bits per heavy atom. The highest BCUT2D eigenvalue weighted by Gasteiger charge is 2.21. The van der Waals surface area contributed by atoms with Gasteiger partial charge < -0.3 is 20.4 Å². The molecule has 0 aromatic heterocycles. The van der Waals surface area contributed by atoms with Crippen molar-refractivity contribution in [1.29, 1.82) is 0 Å². The third-order valence-electron chi connectivity index (χ3n) is 4.68. The average molecular weight is 395 g/mol. The lowest BCUT2D eigenvalue weighted by molar-refractivity contribution is 0.0748. The van der Waals surface area contributed by atoms with Crippen molar-refractivity contribution >= 4 is 36.4 Å². The molecule has 0 spiro atoms. The Bertz CT molecular complexity index is 553. The van der Waals surface area contributed by atoms with E-state index in [9.17, 15) is 9.18 Å². The number of hydrogen-bond donors (Lipinski definition) is 1. The quantitative estimate of drug-likeness (QED) is 0.831. The summed E-state index contributed by atoms with van der Waals surface area (Å²) in [4.78, 5) is 18.3. The Balaban J connectivity index is 0.00000288. The van der Waals surface area contributed by atoms with E-state index in [4.69, 9.17) is 5.73 Å². The van der Waals surface area contributed by atoms with Crippen molar-refractivity contribution in [3.63, 3.8) is 0 Å². The summed E-state index contributed by atoms with van der Waals surface area (Å²) in [5.41, 5.74) is 6.52. The maximum absolute atomic E-state index is 14.5. The predicted octanol–water partition coefficient (Wildman–Crippen LogP) is 2.23. The third kappa shape index (κ3) is 5.71. The van der Waals surface area contributed by atoms with Gasteiger partial charge in [0, 0.05) is 51.4 Å². The number of nitrogens with zero attached hydrogens (tertiary/aromatic N) is 3. The van der Waals surface area contributed by atoms with Crippen molar-refractivity contribution in [1.82, 2.24) is 9.80 Å². The number of halogens is 3. The van der Waals surface area contributed by atoms with Crippen LogP contribution in [0.2, 0.25) is 0 Å². The van der Waals surface area contributed by atoms with Gasteiger partial charge in [-0.15, -0.1) is 24.8 Å². The number of nitrogens with two attached hydrogens (primary N) is 1. The van der Waals surface area contributed by atoms with E-state index < -0.39 is 0 Å². The summed E-state index contributed by atoms with van der Waals surface area (Å²) in [7, 11) is 1.69. The number of anilines is 1. The number of carbonyl (C=O) groups is 1. The van der Waals surface area contributed by atoms with Crippen LogP contribution in [0.4, 0.5) is 10.1 Å². The molecular formula is C17H29Cl2FN4O. The molecule has 1 aromatic carbocycles. The minimum atomic E-state index is -0.338. The maximum Gasteiger partial charge on any atom is 0.253 e. The van der Waals surface area contributed by atoms with E-state index in [1.807, 2.05) is 11.8 Å². The maximum atomic E-state index is 14.5. The van der Waals surface area contributed by atoms with Crippen LogP contribution in [0.25, 0.3) is 0 Å². The minimum absolute atomic E-state index is 0. The van der Waals surface area contributed by atoms with Gasteiger partial charge in [0.15, 0.2) is 0 Å². The number of amides is 1. The first-order chi connectivity index (χ1) is 11.0. The van der Waals surface area contributed by atoms with E-state index in [0.717, 1.165) is 32.7 Å². The van der Waals surface area contributed by atoms with Gasteiger partial charge in [-0.05, 0) is 31.7 Å². The molecule has 0 aliphatic carbocycles. The highest BCUT2D eigenvalue weighted by molar-refractivity contribution is 5.94. The van der Waals surface area contributed by atoms with Crippen LogP contribution in [0.15, 0.2) is 18.2 Å². The highest BCUT2D eigenvalue weighted by Crippen LogP contribution is 2.22. The number of likely N-dealkylation sites (N-methyl/N-ethyl adjacent to an activating group) is 2. The molecule has 1 heterocycles. The fourth-order valence-corrected chi connectivity index (χ4v) is 2.76. The molecule has 1 amide bonds. The molecule has 1 unspecified atom stereocenters. The standard InChI is InChI=1S/C17H27FN4O.2ClH/c1-4-21-7-9-22(10-8-21)16-6-5-14(11-15(16)18)17(23)20(3)13(2)12-19;;/h5-6,11,13H,4,7-10,12,19H2,1-3H3;2*1H. The molecule has 1 saturated heterocycles. The van der Waals surface area contributed by atoms with Crippen LogP contribution in [-0.2, 0) is 0 Å². The van der Waals surface area contributed by atoms with Crippen molar-refractivity contribution in [3.8, 4) is 0 Å². The van der Waals surface area contributed by atoms with Gasteiger partial charge in [-0.2, -0.15) is 0 Å². The van der Waals surface area contributed by atoms with Crippen LogP contribution in [0, 0.1) is 5.82 Å². The van der Waals surface area contributed by atoms with Gasteiger partial charge in [0.1, 0.15) is 5.82 Å². The molecule has 1 atom stereocenters. The molecule has 0 bridgehead atoms. The first-order valence-electron chi connectivity index (χ1n) is 8.22. The molecule has 1 aromatic rings. The Kier molecular flexibility index (Phi) is 10.3. The van der Waals surface area contributed by atoms with Gasteiger partial charge in [-0.1, -0.05) is 6.92 Å². The van der Waals surface area contributed by atoms with Crippen molar-refractivity contribution in [2.24, 2.45) is 5.73 Å². The molecule has 1 aliphatic heterocycles. The van der Waals surface area contributed by atoms with Gasteiger partial charge in [0.05, 0.1) is 5.69 Å². The summed E-state index contributed by atoms with van der Waals surface area (Å²) >= 11 is 0. The third-order valence-corrected chi connectivity index (χ3v) is 4.68. The van der Waals surface area contributed by atoms with E-state index in [1.165, 1.54) is 6.07 Å².